The van der Waals surface area contributed by atoms with E-state index in [0.717, 1.165) is 0 Å². The second kappa shape index (κ2) is 2.18. The molecule has 0 heterocycles. The molecular weight excluding hydrogens is 80.8 g/mol. The molecule has 0 unspecified atom stereocenters. The molecule has 0 amide bonds. The normalized spacial score (nSPS) is 9.50. The van der Waals surface area contributed by atoms with Crippen molar-refractivity contribution in [3.63, 3.8) is 0 Å². The molecule has 0 spiro atoms. The van der Waals surface area contributed by atoms with Crippen molar-refractivity contribution in [2.45, 2.75) is 0 Å². The zero-order valence-electron chi connectivity index (χ0n) is 3.92. The lowest BCUT2D eigenvalue weighted by molar-refractivity contribution is 0.324. The number of nitrogens with zero attached hydrogens (tertiary/aromatic N) is 1. The van der Waals surface area contributed by atoms with Crippen LogP contribution < -0.4 is 0 Å². The average molecular weight is 88.9 g/mol. The van der Waals surface area contributed by atoms with Gasteiger partial charge in [-0.15, -0.1) is 0 Å². The van der Waals surface area contributed by atoms with E-state index in [4.69, 9.17) is 10.0 Å². The first-order valence-electron chi connectivity index (χ1n) is 1.67. The van der Waals surface area contributed by atoms with Gasteiger partial charge in [0.15, 0.2) is 0 Å². The maximum atomic E-state index is 8.11. The van der Waals surface area contributed by atoms with E-state index < -0.39 is 7.25 Å². The van der Waals surface area contributed by atoms with Gasteiger partial charge in [-0.3, -0.25) is 4.81 Å². The van der Waals surface area contributed by atoms with Gasteiger partial charge in [-0.25, -0.2) is 0 Å². The van der Waals surface area contributed by atoms with Gasteiger partial charge in [0.2, 0.25) is 0 Å². The third-order valence-corrected chi connectivity index (χ3v) is 0.462. The summed E-state index contributed by atoms with van der Waals surface area (Å²) in [5, 5.41) is 16.2. The van der Waals surface area contributed by atoms with Gasteiger partial charge in [0.05, 0.1) is 0 Å². The molecule has 0 saturated heterocycles. The lowest BCUT2D eigenvalue weighted by Gasteiger charge is -2.03. The fourth-order valence-electron chi connectivity index (χ4n) is 0. The molecule has 2 N–H and O–H groups in total. The lowest BCUT2D eigenvalue weighted by Crippen LogP contribution is -2.32. The Morgan fingerprint density at radius 2 is 1.50 bits per heavy atom. The topological polar surface area (TPSA) is 43.7 Å². The summed E-state index contributed by atoms with van der Waals surface area (Å²) < 4.78 is 0. The molecular formula is C2H8BNO2. The Kier molecular flexibility index (Phi) is 2.16. The van der Waals surface area contributed by atoms with Gasteiger partial charge in [0, 0.05) is 0 Å². The van der Waals surface area contributed by atoms with Gasteiger partial charge in [0.1, 0.15) is 0 Å². The summed E-state index contributed by atoms with van der Waals surface area (Å²) in [6, 6.07) is 0. The highest BCUT2D eigenvalue weighted by Gasteiger charge is 2.07. The summed E-state index contributed by atoms with van der Waals surface area (Å²) in [5.41, 5.74) is 0. The fourth-order valence-corrected chi connectivity index (χ4v) is 0. The van der Waals surface area contributed by atoms with Crippen LogP contribution in [0.25, 0.3) is 0 Å². The summed E-state index contributed by atoms with van der Waals surface area (Å²) in [6.07, 6.45) is 0. The van der Waals surface area contributed by atoms with E-state index >= 15 is 0 Å². The van der Waals surface area contributed by atoms with Crippen molar-refractivity contribution < 1.29 is 10.0 Å². The maximum absolute atomic E-state index is 8.11. The van der Waals surface area contributed by atoms with E-state index in [9.17, 15) is 0 Å². The van der Waals surface area contributed by atoms with Crippen molar-refractivity contribution in [1.29, 1.82) is 0 Å². The van der Waals surface area contributed by atoms with E-state index in [1.54, 1.807) is 14.1 Å². The molecule has 0 aliphatic rings. The molecule has 3 nitrogen and oxygen atoms in total. The van der Waals surface area contributed by atoms with Crippen molar-refractivity contribution >= 4 is 7.25 Å². The Hall–Kier alpha value is -0.0551. The van der Waals surface area contributed by atoms with E-state index in [1.165, 1.54) is 4.81 Å². The van der Waals surface area contributed by atoms with Gasteiger partial charge >= 0.3 is 7.25 Å². The Morgan fingerprint density at radius 1 is 1.33 bits per heavy atom. The van der Waals surface area contributed by atoms with Crippen LogP contribution in [-0.4, -0.2) is 36.2 Å². The molecule has 0 radical (unpaired) electrons. The van der Waals surface area contributed by atoms with Crippen LogP contribution in [0, 0.1) is 0 Å². The highest BCUT2D eigenvalue weighted by atomic mass is 16.4. The first-order valence-corrected chi connectivity index (χ1v) is 1.67. The predicted molar refractivity (Wildman–Crippen MR) is 23.9 cm³/mol. The largest absolute Gasteiger partial charge is 0.551 e. The van der Waals surface area contributed by atoms with Crippen molar-refractivity contribution in [3.8, 4) is 0 Å². The Labute approximate surface area is 37.4 Å². The molecule has 36 valence electrons. The maximum Gasteiger partial charge on any atom is 0.551 e. The van der Waals surface area contributed by atoms with Gasteiger partial charge in [-0.05, 0) is 14.1 Å². The number of hydrogen-bond acceptors (Lipinski definition) is 3. The minimum atomic E-state index is -1.31. The van der Waals surface area contributed by atoms with Crippen LogP contribution in [0.3, 0.4) is 0 Å². The third kappa shape index (κ3) is 2.20. The second-order valence-corrected chi connectivity index (χ2v) is 1.31. The molecule has 0 aliphatic carbocycles. The molecule has 0 saturated carbocycles. The van der Waals surface area contributed by atoms with Crippen LogP contribution >= 0.6 is 0 Å². The van der Waals surface area contributed by atoms with Crippen molar-refractivity contribution in [2.24, 2.45) is 0 Å². The van der Waals surface area contributed by atoms with Crippen LogP contribution in [0.15, 0.2) is 0 Å². The molecule has 0 fully saturated rings. The second-order valence-electron chi connectivity index (χ2n) is 1.31. The van der Waals surface area contributed by atoms with E-state index in [1.807, 2.05) is 0 Å². The highest BCUT2D eigenvalue weighted by Crippen LogP contribution is 1.69. The number of rotatable bonds is 1. The van der Waals surface area contributed by atoms with Crippen LogP contribution in [0.5, 0.6) is 0 Å². The van der Waals surface area contributed by atoms with Crippen molar-refractivity contribution in [1.82, 2.24) is 4.81 Å². The molecule has 0 aromatic rings. The highest BCUT2D eigenvalue weighted by molar-refractivity contribution is 6.37. The molecule has 0 bridgehead atoms. The smallest absolute Gasteiger partial charge is 0.413 e. The van der Waals surface area contributed by atoms with Gasteiger partial charge < -0.3 is 10.0 Å². The minimum absolute atomic E-state index is 1.28. The summed E-state index contributed by atoms with van der Waals surface area (Å²) >= 11 is 0. The molecule has 0 atom stereocenters. The summed E-state index contributed by atoms with van der Waals surface area (Å²) in [5.74, 6) is 0. The van der Waals surface area contributed by atoms with Gasteiger partial charge in [0.25, 0.3) is 0 Å². The van der Waals surface area contributed by atoms with E-state index in [2.05, 4.69) is 0 Å². The lowest BCUT2D eigenvalue weighted by atomic mass is 10.1. The quantitative estimate of drug-likeness (QED) is 0.385. The molecule has 0 aliphatic heterocycles. The monoisotopic (exact) mass is 89.1 g/mol. The third-order valence-electron chi connectivity index (χ3n) is 0.462. The SMILES string of the molecule is CN(C)B(O)O. The summed E-state index contributed by atoms with van der Waals surface area (Å²) in [7, 11) is 1.83. The zero-order valence-corrected chi connectivity index (χ0v) is 3.92. The molecule has 0 rings (SSSR count). The van der Waals surface area contributed by atoms with Gasteiger partial charge in [-0.1, -0.05) is 0 Å². The van der Waals surface area contributed by atoms with E-state index in [-0.39, 0.29) is 0 Å². The van der Waals surface area contributed by atoms with Crippen molar-refractivity contribution in [2.75, 3.05) is 14.1 Å². The minimum Gasteiger partial charge on any atom is -0.413 e. The zero-order chi connectivity index (χ0) is 5.15. The Morgan fingerprint density at radius 3 is 1.50 bits per heavy atom. The first-order chi connectivity index (χ1) is 2.64. The molecule has 6 heavy (non-hydrogen) atoms. The Balaban J connectivity index is 2.99. The Bertz CT molecular complexity index is 32.5. The van der Waals surface area contributed by atoms with E-state index in [0.29, 0.717) is 0 Å². The van der Waals surface area contributed by atoms with Crippen LogP contribution in [0.4, 0.5) is 0 Å². The van der Waals surface area contributed by atoms with Gasteiger partial charge in [-0.2, -0.15) is 0 Å². The average Bonchev–Trinajstić information content (AvgIpc) is 1.36. The van der Waals surface area contributed by atoms with Crippen LogP contribution in [0.1, 0.15) is 0 Å². The number of hydrogen-bond donors (Lipinski definition) is 2. The molecule has 0 aromatic carbocycles. The molecule has 4 heteroatoms. The van der Waals surface area contributed by atoms with Crippen LogP contribution in [0.2, 0.25) is 0 Å². The standard InChI is InChI=1S/C2H8BNO2/c1-4(2)3(5)6/h5-6H,1-2H3. The van der Waals surface area contributed by atoms with Crippen LogP contribution in [-0.2, 0) is 0 Å². The summed E-state index contributed by atoms with van der Waals surface area (Å²) in [4.78, 5) is 1.28. The fraction of sp³-hybridized carbons (Fsp3) is 1.00. The predicted octanol–water partition coefficient (Wildman–Crippen LogP) is -1.48. The van der Waals surface area contributed by atoms with Crippen molar-refractivity contribution in [3.05, 3.63) is 0 Å². The first kappa shape index (κ1) is 5.94. The summed E-state index contributed by atoms with van der Waals surface area (Å²) in [6.45, 7) is 0. The molecule has 0 aromatic heterocycles.